The molecule has 0 spiro atoms. The zero-order valence-electron chi connectivity index (χ0n) is 23.9. The van der Waals surface area contributed by atoms with Gasteiger partial charge in [-0.2, -0.15) is 0 Å². The van der Waals surface area contributed by atoms with Gasteiger partial charge in [0.25, 0.3) is 10.0 Å². The minimum absolute atomic E-state index is 0.00435. The highest BCUT2D eigenvalue weighted by Crippen LogP contribution is 2.33. The summed E-state index contributed by atoms with van der Waals surface area (Å²) in [5.41, 5.74) is -0.0408. The van der Waals surface area contributed by atoms with E-state index in [4.69, 9.17) is 4.74 Å². The molecule has 1 N–H and O–H groups in total. The maximum atomic E-state index is 15.5. The number of sulfonamides is 1. The molecule has 2 aromatic carbocycles. The summed E-state index contributed by atoms with van der Waals surface area (Å²) in [5, 5.41) is 11.1. The number of aromatic nitrogens is 1. The zero-order valence-corrected chi connectivity index (χ0v) is 25.5. The summed E-state index contributed by atoms with van der Waals surface area (Å²) in [4.78, 5) is 29.9. The number of rotatable bonds is 10. The van der Waals surface area contributed by atoms with Crippen LogP contribution in [0.2, 0.25) is 0 Å². The number of hydrogen-bond donors (Lipinski definition) is 1. The molecule has 0 saturated heterocycles. The van der Waals surface area contributed by atoms with E-state index in [0.29, 0.717) is 35.1 Å². The molecule has 3 aromatic rings. The highest BCUT2D eigenvalue weighted by molar-refractivity contribution is 7.93. The zero-order chi connectivity index (χ0) is 31.7. The van der Waals surface area contributed by atoms with Crippen LogP contribution in [0.15, 0.2) is 46.1 Å². The van der Waals surface area contributed by atoms with Crippen LogP contribution in [0.4, 0.5) is 34.3 Å². The smallest absolute Gasteiger partial charge is 0.430 e. The number of anilines is 2. The highest BCUT2D eigenvalue weighted by atomic mass is 32.2. The van der Waals surface area contributed by atoms with Crippen molar-refractivity contribution in [2.24, 2.45) is 5.92 Å². The first-order valence-corrected chi connectivity index (χ1v) is 15.6. The molecule has 15 heteroatoms. The molecule has 1 aliphatic carbocycles. The van der Waals surface area contributed by atoms with Crippen LogP contribution in [0.3, 0.4) is 0 Å². The van der Waals surface area contributed by atoms with Crippen LogP contribution in [0, 0.1) is 23.4 Å². The van der Waals surface area contributed by atoms with Crippen LogP contribution in [0.25, 0.3) is 0 Å². The first-order valence-electron chi connectivity index (χ1n) is 13.2. The average Bonchev–Trinajstić information content (AvgIpc) is 3.51. The third kappa shape index (κ3) is 7.64. The monoisotopic (exact) mass is 640 g/mol. The van der Waals surface area contributed by atoms with Gasteiger partial charge >= 0.3 is 12.2 Å². The lowest BCUT2D eigenvalue weighted by atomic mass is 10.1. The molecule has 4 rings (SSSR count). The molecule has 1 aromatic heterocycles. The third-order valence-corrected chi connectivity index (χ3v) is 8.75. The Kier molecular flexibility index (Phi) is 9.37. The van der Waals surface area contributed by atoms with E-state index < -0.39 is 68.2 Å². The first-order chi connectivity index (χ1) is 20.1. The van der Waals surface area contributed by atoms with E-state index >= 15 is 8.78 Å². The summed E-state index contributed by atoms with van der Waals surface area (Å²) in [5.74, 6) is -3.96. The number of ether oxygens (including phenoxy) is 1. The second-order valence-electron chi connectivity index (χ2n) is 11.2. The number of carboxylic acid groups (broad SMARTS) is 1. The Balaban J connectivity index is 1.70. The molecule has 1 saturated carbocycles. The Morgan fingerprint density at radius 2 is 1.74 bits per heavy atom. The maximum absolute atomic E-state index is 15.5. The third-order valence-electron chi connectivity index (χ3n) is 6.45. The van der Waals surface area contributed by atoms with Crippen molar-refractivity contribution >= 4 is 45.1 Å². The highest BCUT2D eigenvalue weighted by Gasteiger charge is 2.40. The van der Waals surface area contributed by atoms with Crippen molar-refractivity contribution in [2.75, 3.05) is 22.8 Å². The fourth-order valence-electron chi connectivity index (χ4n) is 4.42. The van der Waals surface area contributed by atoms with Gasteiger partial charge in [0, 0.05) is 24.0 Å². The van der Waals surface area contributed by atoms with E-state index in [2.05, 4.69) is 4.98 Å². The molecule has 0 aliphatic heterocycles. The molecular formula is C28H31F3N4O6S2. The molecule has 1 aliphatic rings. The van der Waals surface area contributed by atoms with Gasteiger partial charge in [-0.25, -0.2) is 36.2 Å². The van der Waals surface area contributed by atoms with Crippen LogP contribution < -0.4 is 9.21 Å². The van der Waals surface area contributed by atoms with Gasteiger partial charge in [-0.3, -0.25) is 4.90 Å². The number of halogens is 3. The topological polar surface area (TPSA) is 120 Å². The number of benzene rings is 2. The second kappa shape index (κ2) is 12.5. The molecule has 0 atom stereocenters. The fraction of sp³-hybridized carbons (Fsp3) is 0.393. The lowest BCUT2D eigenvalue weighted by Gasteiger charge is -2.26. The number of carbonyl (C=O) groups is 2. The second-order valence-corrected chi connectivity index (χ2v) is 13.7. The van der Waals surface area contributed by atoms with E-state index in [1.165, 1.54) is 37.7 Å². The van der Waals surface area contributed by atoms with E-state index in [-0.39, 0.29) is 9.87 Å². The van der Waals surface area contributed by atoms with Gasteiger partial charge in [-0.1, -0.05) is 12.1 Å². The Labute approximate surface area is 251 Å². The van der Waals surface area contributed by atoms with Crippen molar-refractivity contribution < 1.29 is 41.0 Å². The van der Waals surface area contributed by atoms with Crippen molar-refractivity contribution in [1.82, 2.24) is 9.88 Å². The molecule has 0 radical (unpaired) electrons. The predicted molar refractivity (Wildman–Crippen MR) is 154 cm³/mol. The van der Waals surface area contributed by atoms with Crippen molar-refractivity contribution in [2.45, 2.75) is 57.2 Å². The van der Waals surface area contributed by atoms with Gasteiger partial charge < -0.3 is 14.7 Å². The van der Waals surface area contributed by atoms with Crippen LogP contribution in [-0.4, -0.2) is 54.8 Å². The normalized spacial score (nSPS) is 13.7. The van der Waals surface area contributed by atoms with E-state index in [0.717, 1.165) is 36.8 Å². The number of nitrogens with zero attached hydrogens (tertiary/aromatic N) is 4. The summed E-state index contributed by atoms with van der Waals surface area (Å²) >= 11 is 0.927. The van der Waals surface area contributed by atoms with Crippen LogP contribution in [-0.2, 0) is 27.8 Å². The summed E-state index contributed by atoms with van der Waals surface area (Å²) < 4.78 is 78.2. The van der Waals surface area contributed by atoms with Gasteiger partial charge in [-0.15, -0.1) is 15.6 Å². The molecule has 0 bridgehead atoms. The molecule has 2 amide bonds. The number of thiazole rings is 1. The molecule has 43 heavy (non-hydrogen) atoms. The average molecular weight is 641 g/mol. The van der Waals surface area contributed by atoms with E-state index in [9.17, 15) is 27.5 Å². The van der Waals surface area contributed by atoms with Crippen LogP contribution in [0.1, 0.15) is 44.7 Å². The Morgan fingerprint density at radius 3 is 2.28 bits per heavy atom. The number of amides is 2. The lowest BCUT2D eigenvalue weighted by Crippen LogP contribution is -2.42. The first kappa shape index (κ1) is 32.2. The van der Waals surface area contributed by atoms with Gasteiger partial charge in [0.05, 0.1) is 17.7 Å². The molecule has 10 nitrogen and oxygen atoms in total. The minimum atomic E-state index is -5.29. The quantitative estimate of drug-likeness (QED) is 0.278. The standard InChI is InChI=1S/C28H31F3N4O6S2/c1-28(2,3)41-27(38)35(24-15-42-16-32-24)43(39,40)25-22(30)10-19(11-23(25)31)34(26(36)37)14-20-18(6-5-7-21(20)29)13-33(4)12-17-8-9-17/h5-7,10-11,15-17H,8-9,12-14H2,1-4H3,(H,36,37). The van der Waals surface area contributed by atoms with Crippen molar-refractivity contribution in [3.63, 3.8) is 0 Å². The Bertz CT molecular complexity index is 1590. The Morgan fingerprint density at radius 1 is 1.09 bits per heavy atom. The summed E-state index contributed by atoms with van der Waals surface area (Å²) in [6, 6.07) is 5.28. The van der Waals surface area contributed by atoms with E-state index in [1.807, 2.05) is 11.9 Å². The molecule has 232 valence electrons. The largest absolute Gasteiger partial charge is 0.465 e. The van der Waals surface area contributed by atoms with Crippen LogP contribution in [0.5, 0.6) is 0 Å². The van der Waals surface area contributed by atoms with E-state index in [1.54, 1.807) is 6.07 Å². The van der Waals surface area contributed by atoms with Crippen molar-refractivity contribution in [3.8, 4) is 0 Å². The number of carbonyl (C=O) groups excluding carboxylic acids is 1. The van der Waals surface area contributed by atoms with Gasteiger partial charge in [0.15, 0.2) is 10.7 Å². The maximum Gasteiger partial charge on any atom is 0.430 e. The lowest BCUT2D eigenvalue weighted by molar-refractivity contribution is 0.0608. The van der Waals surface area contributed by atoms with Crippen LogP contribution >= 0.6 is 11.3 Å². The molecule has 1 heterocycles. The minimum Gasteiger partial charge on any atom is -0.465 e. The summed E-state index contributed by atoms with van der Waals surface area (Å²) in [7, 11) is -3.43. The van der Waals surface area contributed by atoms with Gasteiger partial charge in [0.2, 0.25) is 0 Å². The Hall–Kier alpha value is -3.69. The molecule has 1 fully saturated rings. The predicted octanol–water partition coefficient (Wildman–Crippen LogP) is 6.22. The summed E-state index contributed by atoms with van der Waals surface area (Å²) in [6.07, 6.45) is -0.898. The fourth-order valence-corrected chi connectivity index (χ4v) is 6.37. The van der Waals surface area contributed by atoms with Crippen molar-refractivity contribution in [3.05, 3.63) is 69.8 Å². The molecule has 0 unspecified atom stereocenters. The number of hydrogen-bond acceptors (Lipinski definition) is 8. The SMILES string of the molecule is CN(Cc1cccc(F)c1CN(C(=O)O)c1cc(F)c(S(=O)(=O)N(C(=O)OC(C)(C)C)c2cscn2)c(F)c1)CC1CC1. The van der Waals surface area contributed by atoms with Crippen molar-refractivity contribution in [1.29, 1.82) is 0 Å². The molecular weight excluding hydrogens is 609 g/mol. The summed E-state index contributed by atoms with van der Waals surface area (Å²) in [6.45, 7) is 4.90. The van der Waals surface area contributed by atoms with Gasteiger partial charge in [-0.05, 0) is 70.3 Å². The van der Waals surface area contributed by atoms with Gasteiger partial charge in [0.1, 0.15) is 23.1 Å².